The van der Waals surface area contributed by atoms with Gasteiger partial charge < -0.3 is 15.7 Å². The van der Waals surface area contributed by atoms with Crippen LogP contribution in [0.4, 0.5) is 11.6 Å². The van der Waals surface area contributed by atoms with E-state index < -0.39 is 11.9 Å². The number of aromatic nitrogens is 2. The molecule has 1 aromatic rings. The Hall–Kier alpha value is -2.23. The van der Waals surface area contributed by atoms with Gasteiger partial charge in [0.05, 0.1) is 12.0 Å². The molecule has 0 aliphatic carbocycles. The highest BCUT2D eigenvalue weighted by Crippen LogP contribution is 2.30. The normalized spacial score (nSPS) is 20.0. The van der Waals surface area contributed by atoms with Crippen molar-refractivity contribution in [3.8, 4) is 6.07 Å². The first-order valence-corrected chi connectivity index (χ1v) is 7.25. The zero-order valence-corrected chi connectivity index (χ0v) is 12.4. The number of carboxylic acid groups (broad SMARTS) is 1. The number of hydrogen-bond acceptors (Lipinski definition) is 5. The van der Waals surface area contributed by atoms with Gasteiger partial charge in [0.25, 0.3) is 0 Å². The van der Waals surface area contributed by atoms with Gasteiger partial charge in [-0.05, 0) is 26.2 Å². The molecular weight excluding hydrogens is 270 g/mol. The summed E-state index contributed by atoms with van der Waals surface area (Å²) in [5, 5.41) is 23.0. The molecule has 2 unspecified atom stereocenters. The van der Waals surface area contributed by atoms with Gasteiger partial charge in [0.1, 0.15) is 17.5 Å². The lowest BCUT2D eigenvalue weighted by atomic mass is 9.98. The summed E-state index contributed by atoms with van der Waals surface area (Å²) in [5.74, 6) is -0.339. The van der Waals surface area contributed by atoms with Crippen LogP contribution in [0.15, 0.2) is 0 Å². The molecular formula is C14H21N5O2. The van der Waals surface area contributed by atoms with Crippen LogP contribution >= 0.6 is 0 Å². The van der Waals surface area contributed by atoms with Crippen molar-refractivity contribution in [3.63, 3.8) is 0 Å². The largest absolute Gasteiger partial charge is 0.481 e. The fourth-order valence-corrected chi connectivity index (χ4v) is 2.64. The first-order valence-electron chi connectivity index (χ1n) is 7.25. The fraction of sp³-hybridized carbons (Fsp3) is 0.643. The monoisotopic (exact) mass is 291 g/mol. The van der Waals surface area contributed by atoms with E-state index in [1.54, 1.807) is 4.68 Å². The lowest BCUT2D eigenvalue weighted by molar-refractivity contribution is -0.141. The lowest BCUT2D eigenvalue weighted by Gasteiger charge is -2.30. The van der Waals surface area contributed by atoms with Crippen molar-refractivity contribution >= 4 is 17.6 Å². The maximum absolute atomic E-state index is 11.2. The zero-order chi connectivity index (χ0) is 15.6. The molecule has 0 bridgehead atoms. The molecule has 114 valence electrons. The van der Waals surface area contributed by atoms with E-state index in [4.69, 9.17) is 5.73 Å². The second kappa shape index (κ2) is 6.04. The molecule has 21 heavy (non-hydrogen) atoms. The third-order valence-corrected chi connectivity index (χ3v) is 4.12. The molecule has 7 heteroatoms. The van der Waals surface area contributed by atoms with E-state index in [0.717, 1.165) is 12.8 Å². The van der Waals surface area contributed by atoms with Crippen molar-refractivity contribution < 1.29 is 9.90 Å². The Balaban J connectivity index is 2.35. The van der Waals surface area contributed by atoms with Gasteiger partial charge in [0.15, 0.2) is 5.82 Å². The summed E-state index contributed by atoms with van der Waals surface area (Å²) in [4.78, 5) is 13.0. The second-order valence-electron chi connectivity index (χ2n) is 5.52. The number of piperidine rings is 1. The number of rotatable bonds is 4. The Bertz CT molecular complexity index is 575. The minimum absolute atomic E-state index is 0.103. The van der Waals surface area contributed by atoms with Crippen LogP contribution < -0.4 is 10.6 Å². The molecule has 0 spiro atoms. The summed E-state index contributed by atoms with van der Waals surface area (Å²) >= 11 is 0. The first-order chi connectivity index (χ1) is 9.99. The van der Waals surface area contributed by atoms with Gasteiger partial charge in [-0.25, -0.2) is 4.68 Å². The van der Waals surface area contributed by atoms with E-state index in [-0.39, 0.29) is 6.04 Å². The summed E-state index contributed by atoms with van der Waals surface area (Å²) in [5.41, 5.74) is 6.38. The van der Waals surface area contributed by atoms with Gasteiger partial charge in [0, 0.05) is 13.1 Å². The lowest BCUT2D eigenvalue weighted by Crippen LogP contribution is -2.39. The van der Waals surface area contributed by atoms with Crippen LogP contribution in [0.5, 0.6) is 0 Å². The molecule has 0 radical (unpaired) electrons. The number of anilines is 2. The molecule has 0 amide bonds. The van der Waals surface area contributed by atoms with Crippen LogP contribution in [0.2, 0.25) is 0 Å². The van der Waals surface area contributed by atoms with Crippen molar-refractivity contribution in [1.29, 1.82) is 5.26 Å². The van der Waals surface area contributed by atoms with Crippen LogP contribution in [0.25, 0.3) is 0 Å². The fourth-order valence-electron chi connectivity index (χ4n) is 2.64. The topological polar surface area (TPSA) is 108 Å². The summed E-state index contributed by atoms with van der Waals surface area (Å²) in [6.45, 7) is 5.10. The molecule has 1 fully saturated rings. The summed E-state index contributed by atoms with van der Waals surface area (Å²) in [6, 6.07) is 2.21. The van der Waals surface area contributed by atoms with Crippen molar-refractivity contribution in [2.45, 2.75) is 39.2 Å². The summed E-state index contributed by atoms with van der Waals surface area (Å²) < 4.78 is 1.66. The minimum atomic E-state index is -0.799. The summed E-state index contributed by atoms with van der Waals surface area (Å²) in [7, 11) is 0. The van der Waals surface area contributed by atoms with Gasteiger partial charge in [0.2, 0.25) is 0 Å². The second-order valence-corrected chi connectivity index (χ2v) is 5.52. The number of nitrogens with zero attached hydrogens (tertiary/aromatic N) is 4. The molecule has 2 rings (SSSR count). The minimum Gasteiger partial charge on any atom is -0.481 e. The number of nitriles is 1. The van der Waals surface area contributed by atoms with Gasteiger partial charge in [-0.1, -0.05) is 6.92 Å². The predicted octanol–water partition coefficient (Wildman–Crippen LogP) is 1.61. The Morgan fingerprint density at radius 1 is 1.67 bits per heavy atom. The standard InChI is InChI=1S/C14H21N5O2/c1-3-9(2)19-12(16)11(7-15)13(17-19)18-6-4-5-10(8-18)14(20)21/h9-10H,3-6,8,16H2,1-2H3,(H,20,21). The third kappa shape index (κ3) is 2.79. The van der Waals surface area contributed by atoms with Crippen LogP contribution in [0.3, 0.4) is 0 Å². The Labute approximate surface area is 123 Å². The van der Waals surface area contributed by atoms with Crippen molar-refractivity contribution in [2.24, 2.45) is 5.92 Å². The van der Waals surface area contributed by atoms with Gasteiger partial charge >= 0.3 is 5.97 Å². The number of nitrogen functional groups attached to an aromatic ring is 1. The Morgan fingerprint density at radius 2 is 2.38 bits per heavy atom. The molecule has 2 heterocycles. The zero-order valence-electron chi connectivity index (χ0n) is 12.4. The van der Waals surface area contributed by atoms with Gasteiger partial charge in [-0.3, -0.25) is 4.79 Å². The van der Waals surface area contributed by atoms with Crippen molar-refractivity contribution in [3.05, 3.63) is 5.56 Å². The molecule has 2 atom stereocenters. The maximum Gasteiger partial charge on any atom is 0.308 e. The number of hydrogen-bond donors (Lipinski definition) is 2. The number of nitrogens with two attached hydrogens (primary N) is 1. The number of aliphatic carboxylic acids is 1. The summed E-state index contributed by atoms with van der Waals surface area (Å²) in [6.07, 6.45) is 2.29. The van der Waals surface area contributed by atoms with E-state index in [9.17, 15) is 15.2 Å². The van der Waals surface area contributed by atoms with Crippen LogP contribution in [0, 0.1) is 17.2 Å². The molecule has 0 aromatic carbocycles. The molecule has 3 N–H and O–H groups in total. The van der Waals surface area contributed by atoms with E-state index in [1.807, 2.05) is 18.7 Å². The molecule has 1 aliphatic heterocycles. The maximum atomic E-state index is 11.2. The number of carbonyl (C=O) groups is 1. The highest BCUT2D eigenvalue weighted by molar-refractivity contribution is 5.72. The van der Waals surface area contributed by atoms with Gasteiger partial charge in [-0.15, -0.1) is 0 Å². The molecule has 0 saturated carbocycles. The van der Waals surface area contributed by atoms with E-state index in [2.05, 4.69) is 11.2 Å². The predicted molar refractivity (Wildman–Crippen MR) is 78.9 cm³/mol. The molecule has 1 saturated heterocycles. The van der Waals surface area contributed by atoms with E-state index in [1.165, 1.54) is 0 Å². The molecule has 1 aromatic heterocycles. The SMILES string of the molecule is CCC(C)n1nc(N2CCCC(C(=O)O)C2)c(C#N)c1N. The average Bonchev–Trinajstić information content (AvgIpc) is 2.83. The smallest absolute Gasteiger partial charge is 0.308 e. The van der Waals surface area contributed by atoms with Crippen molar-refractivity contribution in [1.82, 2.24) is 9.78 Å². The highest BCUT2D eigenvalue weighted by Gasteiger charge is 2.30. The van der Waals surface area contributed by atoms with Crippen molar-refractivity contribution in [2.75, 3.05) is 23.7 Å². The Morgan fingerprint density at radius 3 is 2.95 bits per heavy atom. The van der Waals surface area contributed by atoms with Crippen LogP contribution in [0.1, 0.15) is 44.7 Å². The first kappa shape index (κ1) is 15.2. The van der Waals surface area contributed by atoms with Crippen LogP contribution in [-0.4, -0.2) is 33.9 Å². The third-order valence-electron chi connectivity index (χ3n) is 4.12. The number of carboxylic acids is 1. The van der Waals surface area contributed by atoms with Crippen LogP contribution in [-0.2, 0) is 4.79 Å². The quantitative estimate of drug-likeness (QED) is 0.872. The van der Waals surface area contributed by atoms with E-state index in [0.29, 0.717) is 36.7 Å². The highest BCUT2D eigenvalue weighted by atomic mass is 16.4. The Kier molecular flexibility index (Phi) is 4.36. The molecule has 7 nitrogen and oxygen atoms in total. The van der Waals surface area contributed by atoms with E-state index >= 15 is 0 Å². The molecule has 1 aliphatic rings. The average molecular weight is 291 g/mol. The van der Waals surface area contributed by atoms with Gasteiger partial charge in [-0.2, -0.15) is 10.4 Å².